The van der Waals surface area contributed by atoms with E-state index in [4.69, 9.17) is 12.2 Å². The second-order valence-electron chi connectivity index (χ2n) is 6.63. The maximum Gasteiger partial charge on any atom is 0.270 e. The summed E-state index contributed by atoms with van der Waals surface area (Å²) in [6.07, 6.45) is 6.11. The first-order valence-electron chi connectivity index (χ1n) is 9.31. The van der Waals surface area contributed by atoms with Crippen molar-refractivity contribution >= 4 is 40.9 Å². The molecule has 0 saturated carbocycles. The summed E-state index contributed by atoms with van der Waals surface area (Å²) in [5, 5.41) is 2.74. The molecular weight excluding hydrogens is 382 g/mol. The van der Waals surface area contributed by atoms with Gasteiger partial charge in [0.25, 0.3) is 11.8 Å². The van der Waals surface area contributed by atoms with Gasteiger partial charge in [-0.2, -0.15) is 0 Å². The average molecular weight is 401 g/mol. The summed E-state index contributed by atoms with van der Waals surface area (Å²) in [6, 6.07) is 19.2. The zero-order valence-electron chi connectivity index (χ0n) is 15.8. The van der Waals surface area contributed by atoms with Gasteiger partial charge in [-0.3, -0.25) is 19.8 Å². The summed E-state index contributed by atoms with van der Waals surface area (Å²) in [4.78, 5) is 27.1. The highest BCUT2D eigenvalue weighted by molar-refractivity contribution is 7.80. The molecule has 29 heavy (non-hydrogen) atoms. The summed E-state index contributed by atoms with van der Waals surface area (Å²) in [6.45, 7) is 2.01. The number of nitrogens with one attached hydrogen (secondary N) is 1. The van der Waals surface area contributed by atoms with Gasteiger partial charge in [-0.1, -0.05) is 43.3 Å². The molecule has 0 spiro atoms. The molecule has 1 N–H and O–H groups in total. The van der Waals surface area contributed by atoms with Crippen molar-refractivity contribution in [1.82, 2.24) is 9.88 Å². The molecule has 0 aliphatic carbocycles. The van der Waals surface area contributed by atoms with E-state index in [0.717, 1.165) is 23.2 Å². The molecule has 0 radical (unpaired) electrons. The van der Waals surface area contributed by atoms with Crippen LogP contribution in [0.3, 0.4) is 0 Å². The van der Waals surface area contributed by atoms with E-state index in [1.165, 1.54) is 4.90 Å². The van der Waals surface area contributed by atoms with Crippen molar-refractivity contribution in [1.29, 1.82) is 0 Å². The zero-order valence-corrected chi connectivity index (χ0v) is 16.6. The quantitative estimate of drug-likeness (QED) is 0.410. The van der Waals surface area contributed by atoms with Gasteiger partial charge in [0.2, 0.25) is 0 Å². The molecule has 0 unspecified atom stereocenters. The van der Waals surface area contributed by atoms with Crippen LogP contribution in [0, 0.1) is 0 Å². The fraction of sp³-hybridized carbons (Fsp3) is 0.0870. The summed E-state index contributed by atoms with van der Waals surface area (Å²) in [5.41, 5.74) is 3.47. The molecule has 2 heterocycles. The summed E-state index contributed by atoms with van der Waals surface area (Å²) in [5.74, 6) is -0.912. The SMILES string of the molecule is CCc1ccccc1N1C(=O)/C(=C\c2ccn(-c3ccccc3)c2)C(=O)NC1=S. The van der Waals surface area contributed by atoms with Crippen molar-refractivity contribution in [2.45, 2.75) is 13.3 Å². The Hall–Kier alpha value is -3.51. The highest BCUT2D eigenvalue weighted by atomic mass is 32.1. The van der Waals surface area contributed by atoms with Gasteiger partial charge in [0.15, 0.2) is 5.11 Å². The monoisotopic (exact) mass is 401 g/mol. The molecule has 144 valence electrons. The van der Waals surface area contributed by atoms with Crippen molar-refractivity contribution < 1.29 is 9.59 Å². The first-order chi connectivity index (χ1) is 14.1. The van der Waals surface area contributed by atoms with E-state index in [9.17, 15) is 9.59 Å². The second kappa shape index (κ2) is 7.85. The largest absolute Gasteiger partial charge is 0.323 e. The lowest BCUT2D eigenvalue weighted by Gasteiger charge is -2.30. The first kappa shape index (κ1) is 18.8. The van der Waals surface area contributed by atoms with Crippen LogP contribution < -0.4 is 10.2 Å². The minimum absolute atomic E-state index is 0.0512. The molecule has 0 atom stereocenters. The van der Waals surface area contributed by atoms with Crippen LogP contribution in [0.1, 0.15) is 18.1 Å². The third-order valence-electron chi connectivity index (χ3n) is 4.80. The molecule has 1 aliphatic rings. The number of carbonyl (C=O) groups excluding carboxylic acids is 2. The fourth-order valence-electron chi connectivity index (χ4n) is 3.33. The van der Waals surface area contributed by atoms with Crippen LogP contribution in [0.4, 0.5) is 5.69 Å². The lowest BCUT2D eigenvalue weighted by Crippen LogP contribution is -2.54. The van der Waals surface area contributed by atoms with Crippen molar-refractivity contribution in [2.75, 3.05) is 4.90 Å². The molecule has 5 nitrogen and oxygen atoms in total. The minimum Gasteiger partial charge on any atom is -0.323 e. The van der Waals surface area contributed by atoms with Gasteiger partial charge in [0.1, 0.15) is 5.57 Å². The van der Waals surface area contributed by atoms with Crippen molar-refractivity contribution in [2.24, 2.45) is 0 Å². The lowest BCUT2D eigenvalue weighted by atomic mass is 10.1. The Bertz CT molecular complexity index is 1130. The normalized spacial score (nSPS) is 15.7. The molecule has 6 heteroatoms. The molecule has 1 fully saturated rings. The zero-order chi connectivity index (χ0) is 20.4. The number of para-hydroxylation sites is 2. The maximum absolute atomic E-state index is 13.2. The summed E-state index contributed by atoms with van der Waals surface area (Å²) in [7, 11) is 0. The van der Waals surface area contributed by atoms with Crippen LogP contribution in [0.25, 0.3) is 11.8 Å². The Kier molecular flexibility index (Phi) is 5.10. The van der Waals surface area contributed by atoms with E-state index in [-0.39, 0.29) is 10.7 Å². The number of nitrogens with zero attached hydrogens (tertiary/aromatic N) is 2. The molecular formula is C23H19N3O2S. The number of benzene rings is 2. The first-order valence-corrected chi connectivity index (χ1v) is 9.72. The molecule has 0 bridgehead atoms. The number of thiocarbonyl (C=S) groups is 1. The number of amides is 2. The number of anilines is 1. The Labute approximate surface area is 174 Å². The number of hydrogen-bond donors (Lipinski definition) is 1. The highest BCUT2D eigenvalue weighted by Gasteiger charge is 2.35. The molecule has 4 rings (SSSR count). The highest BCUT2D eigenvalue weighted by Crippen LogP contribution is 2.26. The molecule has 1 saturated heterocycles. The molecule has 2 aromatic carbocycles. The van der Waals surface area contributed by atoms with E-state index >= 15 is 0 Å². The van der Waals surface area contributed by atoms with E-state index in [2.05, 4.69) is 5.32 Å². The Morgan fingerprint density at radius 1 is 1.00 bits per heavy atom. The van der Waals surface area contributed by atoms with E-state index < -0.39 is 11.8 Å². The van der Waals surface area contributed by atoms with Crippen LogP contribution in [-0.4, -0.2) is 21.5 Å². The van der Waals surface area contributed by atoms with Gasteiger partial charge in [-0.15, -0.1) is 0 Å². The van der Waals surface area contributed by atoms with Gasteiger partial charge < -0.3 is 4.57 Å². The van der Waals surface area contributed by atoms with Crippen LogP contribution in [0.5, 0.6) is 0 Å². The smallest absolute Gasteiger partial charge is 0.270 e. The number of carbonyl (C=O) groups is 2. The predicted molar refractivity (Wildman–Crippen MR) is 118 cm³/mol. The van der Waals surface area contributed by atoms with Crippen LogP contribution in [0.2, 0.25) is 0 Å². The van der Waals surface area contributed by atoms with E-state index in [1.807, 2.05) is 84.5 Å². The van der Waals surface area contributed by atoms with Crippen molar-refractivity contribution in [3.05, 3.63) is 89.8 Å². The Morgan fingerprint density at radius 3 is 2.48 bits per heavy atom. The number of aromatic nitrogens is 1. The van der Waals surface area contributed by atoms with Crippen molar-refractivity contribution in [3.63, 3.8) is 0 Å². The van der Waals surface area contributed by atoms with Crippen molar-refractivity contribution in [3.8, 4) is 5.69 Å². The Balaban J connectivity index is 1.70. The second-order valence-corrected chi connectivity index (χ2v) is 7.01. The fourth-order valence-corrected chi connectivity index (χ4v) is 3.60. The third-order valence-corrected chi connectivity index (χ3v) is 5.08. The number of hydrogen-bond acceptors (Lipinski definition) is 3. The van der Waals surface area contributed by atoms with Gasteiger partial charge >= 0.3 is 0 Å². The van der Waals surface area contributed by atoms with Crippen LogP contribution in [0.15, 0.2) is 78.6 Å². The van der Waals surface area contributed by atoms with E-state index in [1.54, 1.807) is 6.08 Å². The summed E-state index contributed by atoms with van der Waals surface area (Å²) < 4.78 is 1.94. The molecule has 2 amide bonds. The molecule has 1 aromatic heterocycles. The maximum atomic E-state index is 13.2. The number of aryl methyl sites for hydroxylation is 1. The van der Waals surface area contributed by atoms with E-state index in [0.29, 0.717) is 5.69 Å². The standard InChI is InChI=1S/C23H19N3O2S/c1-2-17-8-6-7-11-20(17)26-22(28)19(21(27)24-23(26)29)14-16-12-13-25(15-16)18-9-4-3-5-10-18/h3-15H,2H2,1H3,(H,24,27,29)/b19-14-. The minimum atomic E-state index is -0.488. The number of rotatable bonds is 4. The Morgan fingerprint density at radius 2 is 1.72 bits per heavy atom. The van der Waals surface area contributed by atoms with Gasteiger partial charge in [-0.25, -0.2) is 0 Å². The predicted octanol–water partition coefficient (Wildman–Crippen LogP) is 3.87. The third kappa shape index (κ3) is 3.62. The average Bonchev–Trinajstić information content (AvgIpc) is 3.21. The van der Waals surface area contributed by atoms with Crippen LogP contribution >= 0.6 is 12.2 Å². The molecule has 1 aliphatic heterocycles. The molecule has 3 aromatic rings. The van der Waals surface area contributed by atoms with Crippen LogP contribution in [-0.2, 0) is 16.0 Å². The van der Waals surface area contributed by atoms with Gasteiger partial charge in [-0.05, 0) is 60.1 Å². The van der Waals surface area contributed by atoms with Gasteiger partial charge in [0.05, 0.1) is 5.69 Å². The van der Waals surface area contributed by atoms with Gasteiger partial charge in [0, 0.05) is 18.1 Å². The topological polar surface area (TPSA) is 54.3 Å². The lowest BCUT2D eigenvalue weighted by molar-refractivity contribution is -0.122. The summed E-state index contributed by atoms with van der Waals surface area (Å²) >= 11 is 5.30.